The van der Waals surface area contributed by atoms with E-state index in [2.05, 4.69) is 6.92 Å². The van der Waals surface area contributed by atoms with Crippen LogP contribution in [0.5, 0.6) is 0 Å². The van der Waals surface area contributed by atoms with Crippen molar-refractivity contribution in [2.75, 3.05) is 5.75 Å². The molecule has 0 atom stereocenters. The highest BCUT2D eigenvalue weighted by atomic mass is 32.2. The molecule has 1 heterocycles. The van der Waals surface area contributed by atoms with Crippen LogP contribution in [-0.4, -0.2) is 23.5 Å². The number of cyclic esters (lactones) is 2. The largest absolute Gasteiger partial charge is 0.419 e. The molecule has 1 aromatic rings. The molecule has 2 rings (SSSR count). The van der Waals surface area contributed by atoms with Crippen molar-refractivity contribution in [3.05, 3.63) is 35.4 Å². The fourth-order valence-corrected chi connectivity index (χ4v) is 3.04. The maximum atomic E-state index is 11.9. The lowest BCUT2D eigenvalue weighted by Gasteiger charge is -2.29. The van der Waals surface area contributed by atoms with Crippen molar-refractivity contribution < 1.29 is 19.1 Å². The molecular formula is C17H20O4S. The number of unbranched alkanes of at least 4 members (excludes halogenated alkanes) is 1. The Morgan fingerprint density at radius 2 is 1.86 bits per heavy atom. The third-order valence-electron chi connectivity index (χ3n) is 3.05. The Hall–Kier alpha value is -1.75. The van der Waals surface area contributed by atoms with Crippen LogP contribution in [0.25, 0.3) is 6.08 Å². The number of hydrogen-bond donors (Lipinski definition) is 0. The van der Waals surface area contributed by atoms with E-state index >= 15 is 0 Å². The molecule has 1 fully saturated rings. The molecule has 5 heteroatoms. The summed E-state index contributed by atoms with van der Waals surface area (Å²) in [6.45, 7) is 5.22. The first-order valence-electron chi connectivity index (χ1n) is 7.32. The predicted octanol–water partition coefficient (Wildman–Crippen LogP) is 3.80. The molecule has 0 radical (unpaired) electrons. The number of thioether (sulfide) groups is 1. The van der Waals surface area contributed by atoms with Gasteiger partial charge in [0.1, 0.15) is 5.57 Å². The zero-order valence-corrected chi connectivity index (χ0v) is 13.9. The number of rotatable bonds is 5. The minimum atomic E-state index is -1.21. The molecule has 0 bridgehead atoms. The summed E-state index contributed by atoms with van der Waals surface area (Å²) < 4.78 is 10.2. The van der Waals surface area contributed by atoms with Crippen molar-refractivity contribution in [1.29, 1.82) is 0 Å². The molecular weight excluding hydrogens is 300 g/mol. The highest BCUT2D eigenvalue weighted by molar-refractivity contribution is 7.99. The summed E-state index contributed by atoms with van der Waals surface area (Å²) >= 11 is 1.76. The highest BCUT2D eigenvalue weighted by Gasteiger charge is 2.38. The average Bonchev–Trinajstić information content (AvgIpc) is 2.43. The van der Waals surface area contributed by atoms with Gasteiger partial charge in [-0.25, -0.2) is 9.59 Å². The van der Waals surface area contributed by atoms with E-state index in [1.807, 2.05) is 24.3 Å². The van der Waals surface area contributed by atoms with Crippen LogP contribution in [0.1, 0.15) is 39.2 Å². The third-order valence-corrected chi connectivity index (χ3v) is 4.13. The maximum absolute atomic E-state index is 11.9. The summed E-state index contributed by atoms with van der Waals surface area (Å²) in [5, 5.41) is 0. The fourth-order valence-electron chi connectivity index (χ4n) is 1.97. The van der Waals surface area contributed by atoms with E-state index in [1.165, 1.54) is 19.9 Å². The third kappa shape index (κ3) is 4.37. The molecule has 4 nitrogen and oxygen atoms in total. The van der Waals surface area contributed by atoms with Gasteiger partial charge in [-0.1, -0.05) is 25.5 Å². The van der Waals surface area contributed by atoms with Gasteiger partial charge < -0.3 is 9.47 Å². The number of esters is 2. The summed E-state index contributed by atoms with van der Waals surface area (Å²) in [5.41, 5.74) is 0.708. The second-order valence-corrected chi connectivity index (χ2v) is 6.68. The van der Waals surface area contributed by atoms with Crippen LogP contribution in [0.15, 0.2) is 34.7 Å². The topological polar surface area (TPSA) is 52.6 Å². The van der Waals surface area contributed by atoms with E-state index in [-0.39, 0.29) is 5.57 Å². The van der Waals surface area contributed by atoms with Gasteiger partial charge in [0.15, 0.2) is 0 Å². The average molecular weight is 320 g/mol. The fraction of sp³-hybridized carbons (Fsp3) is 0.412. The van der Waals surface area contributed by atoms with Gasteiger partial charge in [-0.3, -0.25) is 0 Å². The first kappa shape index (κ1) is 16.6. The van der Waals surface area contributed by atoms with Crippen molar-refractivity contribution in [2.24, 2.45) is 0 Å². The van der Waals surface area contributed by atoms with Gasteiger partial charge >= 0.3 is 11.9 Å². The van der Waals surface area contributed by atoms with Crippen molar-refractivity contribution >= 4 is 29.8 Å². The van der Waals surface area contributed by atoms with E-state index in [9.17, 15) is 9.59 Å². The normalized spacial score (nSPS) is 17.0. The van der Waals surface area contributed by atoms with Crippen LogP contribution in [0.4, 0.5) is 0 Å². The lowest BCUT2D eigenvalue weighted by atomic mass is 10.1. The van der Waals surface area contributed by atoms with Gasteiger partial charge in [0.25, 0.3) is 5.79 Å². The van der Waals surface area contributed by atoms with Crippen LogP contribution in [0, 0.1) is 0 Å². The van der Waals surface area contributed by atoms with Gasteiger partial charge in [-0.05, 0) is 35.9 Å². The molecule has 0 aromatic heterocycles. The summed E-state index contributed by atoms with van der Waals surface area (Å²) in [4.78, 5) is 25.0. The lowest BCUT2D eigenvalue weighted by Crippen LogP contribution is -2.41. The lowest BCUT2D eigenvalue weighted by molar-refractivity contribution is -0.222. The maximum Gasteiger partial charge on any atom is 0.348 e. The van der Waals surface area contributed by atoms with Crippen molar-refractivity contribution in [3.63, 3.8) is 0 Å². The van der Waals surface area contributed by atoms with E-state index in [1.54, 1.807) is 11.8 Å². The van der Waals surface area contributed by atoms with Crippen molar-refractivity contribution in [3.8, 4) is 0 Å². The molecule has 0 spiro atoms. The Kier molecular flexibility index (Phi) is 5.29. The summed E-state index contributed by atoms with van der Waals surface area (Å²) in [5.74, 6) is -1.45. The Morgan fingerprint density at radius 3 is 2.50 bits per heavy atom. The molecule has 1 aliphatic heterocycles. The van der Waals surface area contributed by atoms with E-state index < -0.39 is 17.7 Å². The monoisotopic (exact) mass is 320 g/mol. The minimum absolute atomic E-state index is 0.0740. The molecule has 0 N–H and O–H groups in total. The van der Waals surface area contributed by atoms with Crippen LogP contribution < -0.4 is 0 Å². The van der Waals surface area contributed by atoms with Crippen LogP contribution in [0.3, 0.4) is 0 Å². The summed E-state index contributed by atoms with van der Waals surface area (Å²) in [6, 6.07) is 7.72. The highest BCUT2D eigenvalue weighted by Crippen LogP contribution is 2.26. The Labute approximate surface area is 134 Å². The van der Waals surface area contributed by atoms with Gasteiger partial charge in [-0.15, -0.1) is 11.8 Å². The number of hydrogen-bond acceptors (Lipinski definition) is 5. The van der Waals surface area contributed by atoms with Gasteiger partial charge in [0, 0.05) is 18.7 Å². The van der Waals surface area contributed by atoms with Crippen LogP contribution >= 0.6 is 11.8 Å². The standard InChI is InChI=1S/C17H20O4S/c1-4-5-9-22-13-8-6-7-12(10-13)11-14-15(18)20-17(2,3)21-16(14)19/h6-8,10-11H,4-5,9H2,1-3H3. The first-order valence-corrected chi connectivity index (χ1v) is 8.31. The van der Waals surface area contributed by atoms with Crippen LogP contribution in [-0.2, 0) is 19.1 Å². The van der Waals surface area contributed by atoms with Crippen molar-refractivity contribution in [1.82, 2.24) is 0 Å². The van der Waals surface area contributed by atoms with E-state index in [0.29, 0.717) is 0 Å². The first-order chi connectivity index (χ1) is 10.4. The van der Waals surface area contributed by atoms with Gasteiger partial charge in [0.05, 0.1) is 0 Å². The second-order valence-electron chi connectivity index (χ2n) is 5.51. The number of carbonyl (C=O) groups is 2. The molecule has 0 saturated carbocycles. The molecule has 1 aliphatic rings. The Morgan fingerprint density at radius 1 is 1.18 bits per heavy atom. The molecule has 22 heavy (non-hydrogen) atoms. The summed E-state index contributed by atoms with van der Waals surface area (Å²) in [7, 11) is 0. The molecule has 0 amide bonds. The van der Waals surface area contributed by atoms with E-state index in [4.69, 9.17) is 9.47 Å². The number of carbonyl (C=O) groups excluding carboxylic acids is 2. The Balaban J connectivity index is 2.16. The quantitative estimate of drug-likeness (QED) is 0.271. The molecule has 1 saturated heterocycles. The SMILES string of the molecule is CCCCSc1cccc(C=C2C(=O)OC(C)(C)OC2=O)c1. The predicted molar refractivity (Wildman–Crippen MR) is 86.3 cm³/mol. The molecule has 1 aromatic carbocycles. The zero-order valence-electron chi connectivity index (χ0n) is 13.0. The van der Waals surface area contributed by atoms with Gasteiger partial charge in [0.2, 0.25) is 0 Å². The molecule has 0 aliphatic carbocycles. The number of benzene rings is 1. The van der Waals surface area contributed by atoms with E-state index in [0.717, 1.165) is 29.1 Å². The van der Waals surface area contributed by atoms with Gasteiger partial charge in [-0.2, -0.15) is 0 Å². The minimum Gasteiger partial charge on any atom is -0.419 e. The second kappa shape index (κ2) is 7.01. The Bertz CT molecular complexity index is 582. The summed E-state index contributed by atoms with van der Waals surface area (Å²) in [6.07, 6.45) is 3.83. The molecule has 118 valence electrons. The zero-order chi connectivity index (χ0) is 16.2. The molecule has 0 unspecified atom stereocenters. The van der Waals surface area contributed by atoms with Crippen LogP contribution in [0.2, 0.25) is 0 Å². The smallest absolute Gasteiger partial charge is 0.348 e. The van der Waals surface area contributed by atoms with Crippen molar-refractivity contribution in [2.45, 2.75) is 44.3 Å². The number of ether oxygens (including phenoxy) is 2.